The maximum Gasteiger partial charge on any atom is 0.228 e. The minimum absolute atomic E-state index is 0.0113. The second-order valence-electron chi connectivity index (χ2n) is 6.85. The maximum absolute atomic E-state index is 12.0. The number of benzene rings is 1. The average molecular weight is 304 g/mol. The van der Waals surface area contributed by atoms with Gasteiger partial charge in [0.2, 0.25) is 5.91 Å². The van der Waals surface area contributed by atoms with Gasteiger partial charge in [-0.2, -0.15) is 0 Å². The molecule has 1 amide bonds. The Morgan fingerprint density at radius 3 is 2.39 bits per heavy atom. The number of amides is 1. The molecule has 0 radical (unpaired) electrons. The van der Waals surface area contributed by atoms with Gasteiger partial charge >= 0.3 is 0 Å². The highest BCUT2D eigenvalue weighted by Crippen LogP contribution is 2.34. The Labute approximate surface area is 137 Å². The summed E-state index contributed by atoms with van der Waals surface area (Å²) in [4.78, 5) is 18.0. The molecular formula is C20H20N2O. The van der Waals surface area contributed by atoms with E-state index in [4.69, 9.17) is 6.42 Å². The van der Waals surface area contributed by atoms with Crippen LogP contribution in [0.2, 0.25) is 0 Å². The summed E-state index contributed by atoms with van der Waals surface area (Å²) in [5.41, 5.74) is 4.57. The molecule has 2 aliphatic carbocycles. The van der Waals surface area contributed by atoms with Crippen LogP contribution in [-0.4, -0.2) is 17.4 Å². The number of pyridine rings is 1. The summed E-state index contributed by atoms with van der Waals surface area (Å²) >= 11 is 0. The van der Waals surface area contributed by atoms with Gasteiger partial charge in [0.25, 0.3) is 0 Å². The van der Waals surface area contributed by atoms with Gasteiger partial charge in [-0.1, -0.05) is 38.0 Å². The lowest BCUT2D eigenvalue weighted by molar-refractivity contribution is -0.117. The van der Waals surface area contributed by atoms with Crippen molar-refractivity contribution in [1.29, 1.82) is 0 Å². The van der Waals surface area contributed by atoms with E-state index in [-0.39, 0.29) is 11.3 Å². The van der Waals surface area contributed by atoms with Gasteiger partial charge in [-0.05, 0) is 35.6 Å². The molecule has 3 nitrogen and oxygen atoms in total. The van der Waals surface area contributed by atoms with Crippen LogP contribution < -0.4 is 4.90 Å². The van der Waals surface area contributed by atoms with Crippen molar-refractivity contribution in [2.45, 2.75) is 27.2 Å². The van der Waals surface area contributed by atoms with E-state index in [1.54, 1.807) is 17.2 Å². The van der Waals surface area contributed by atoms with E-state index in [9.17, 15) is 4.79 Å². The third-order valence-electron chi connectivity index (χ3n) is 4.22. The number of nitrogens with zero attached hydrogens (tertiary/aromatic N) is 2. The highest BCUT2D eigenvalue weighted by molar-refractivity contribution is 5.96. The second kappa shape index (κ2) is 5.55. The van der Waals surface area contributed by atoms with E-state index in [1.807, 2.05) is 6.92 Å². The average Bonchev–Trinajstić information content (AvgIpc) is 2.99. The number of rotatable bonds is 1. The molecule has 1 saturated heterocycles. The lowest BCUT2D eigenvalue weighted by Crippen LogP contribution is -2.27. The number of hydrogen-bond acceptors (Lipinski definition) is 2. The molecule has 0 N–H and O–H groups in total. The first kappa shape index (κ1) is 15.3. The van der Waals surface area contributed by atoms with E-state index >= 15 is 0 Å². The Morgan fingerprint density at radius 1 is 1.26 bits per heavy atom. The van der Waals surface area contributed by atoms with E-state index in [0.717, 1.165) is 11.1 Å². The first-order valence-electron chi connectivity index (χ1n) is 7.74. The fourth-order valence-electron chi connectivity index (χ4n) is 2.90. The molecule has 0 unspecified atom stereocenters. The second-order valence-corrected chi connectivity index (χ2v) is 6.85. The van der Waals surface area contributed by atoms with E-state index in [1.165, 1.54) is 11.1 Å². The Morgan fingerprint density at radius 2 is 1.96 bits per heavy atom. The zero-order valence-electron chi connectivity index (χ0n) is 13.8. The van der Waals surface area contributed by atoms with Gasteiger partial charge < -0.3 is 0 Å². The largest absolute Gasteiger partial charge is 0.296 e. The molecule has 116 valence electrons. The Balaban J connectivity index is 0.000000213. The van der Waals surface area contributed by atoms with Crippen molar-refractivity contribution in [2.75, 3.05) is 11.4 Å². The van der Waals surface area contributed by atoms with Gasteiger partial charge in [0, 0.05) is 30.3 Å². The summed E-state index contributed by atoms with van der Waals surface area (Å²) in [6, 6.07) is 10.3. The summed E-state index contributed by atoms with van der Waals surface area (Å²) in [6.45, 7) is 6.79. The standard InChI is InChI=1S/C14H16N2O.C6H4/c1-5-11-6-7-15-13(10(11)2)16-9-14(3,4)8-12(16)17;1-2-5-4-6(5)3-1/h1,6-7H,8-9H2,2-4H3;1-4H. The number of aromatic nitrogens is 1. The molecule has 0 bridgehead atoms. The SMILES string of the molecule is C#Cc1ccnc(N2CC(C)(C)CC2=O)c1C.c1cc2cc-2c1. The summed E-state index contributed by atoms with van der Waals surface area (Å²) in [5, 5.41) is 0. The predicted molar refractivity (Wildman–Crippen MR) is 93.1 cm³/mol. The smallest absolute Gasteiger partial charge is 0.228 e. The van der Waals surface area contributed by atoms with Crippen molar-refractivity contribution < 1.29 is 4.79 Å². The van der Waals surface area contributed by atoms with Crippen molar-refractivity contribution in [1.82, 2.24) is 4.98 Å². The zero-order chi connectivity index (χ0) is 16.6. The molecule has 1 aliphatic heterocycles. The third-order valence-corrected chi connectivity index (χ3v) is 4.22. The zero-order valence-corrected chi connectivity index (χ0v) is 13.8. The molecule has 3 aliphatic rings. The predicted octanol–water partition coefficient (Wildman–Crippen LogP) is 3.80. The van der Waals surface area contributed by atoms with Gasteiger partial charge in [0.05, 0.1) is 0 Å². The normalized spacial score (nSPS) is 16.4. The minimum Gasteiger partial charge on any atom is -0.296 e. The first-order chi connectivity index (χ1) is 10.9. The van der Waals surface area contributed by atoms with E-state index in [0.29, 0.717) is 18.8 Å². The van der Waals surface area contributed by atoms with Gasteiger partial charge in [-0.15, -0.1) is 6.42 Å². The number of carbonyl (C=O) groups excluding carboxylic acids is 1. The van der Waals surface area contributed by atoms with Crippen LogP contribution in [0.1, 0.15) is 31.4 Å². The summed E-state index contributed by atoms with van der Waals surface area (Å²) in [7, 11) is 0. The van der Waals surface area contributed by atoms with Crippen LogP contribution in [0.5, 0.6) is 0 Å². The van der Waals surface area contributed by atoms with Gasteiger partial charge in [0.15, 0.2) is 0 Å². The lowest BCUT2D eigenvalue weighted by atomic mass is 9.93. The molecule has 3 heteroatoms. The summed E-state index contributed by atoms with van der Waals surface area (Å²) < 4.78 is 0. The van der Waals surface area contributed by atoms with Crippen LogP contribution in [-0.2, 0) is 4.79 Å². The number of terminal acetylenes is 1. The Bertz CT molecular complexity index is 797. The Kier molecular flexibility index (Phi) is 3.69. The Hall–Kier alpha value is -2.60. The van der Waals surface area contributed by atoms with Crippen molar-refractivity contribution >= 4 is 11.7 Å². The number of fused-ring (bicyclic) bond motifs is 1. The van der Waals surface area contributed by atoms with Crippen LogP contribution in [0.4, 0.5) is 5.82 Å². The fourth-order valence-corrected chi connectivity index (χ4v) is 2.90. The number of hydrogen-bond donors (Lipinski definition) is 0. The molecule has 1 fully saturated rings. The van der Waals surface area contributed by atoms with Gasteiger partial charge in [0.1, 0.15) is 5.82 Å². The first-order valence-corrected chi connectivity index (χ1v) is 7.74. The minimum atomic E-state index is 0.0113. The topological polar surface area (TPSA) is 33.2 Å². The van der Waals surface area contributed by atoms with E-state index in [2.05, 4.69) is 49.0 Å². The van der Waals surface area contributed by atoms with Crippen LogP contribution >= 0.6 is 0 Å². The van der Waals surface area contributed by atoms with Gasteiger partial charge in [-0.3, -0.25) is 9.69 Å². The van der Waals surface area contributed by atoms with Crippen LogP contribution in [0.15, 0.2) is 36.5 Å². The molecule has 4 rings (SSSR count). The molecule has 23 heavy (non-hydrogen) atoms. The molecule has 0 aromatic carbocycles. The maximum atomic E-state index is 12.0. The van der Waals surface area contributed by atoms with Gasteiger partial charge in [-0.25, -0.2) is 4.98 Å². The molecule has 0 saturated carbocycles. The number of anilines is 1. The molecule has 1 aromatic rings. The van der Waals surface area contributed by atoms with Crippen molar-refractivity contribution in [2.24, 2.45) is 5.41 Å². The summed E-state index contributed by atoms with van der Waals surface area (Å²) in [5.74, 6) is 3.45. The molecule has 0 atom stereocenters. The quantitative estimate of drug-likeness (QED) is 0.641. The van der Waals surface area contributed by atoms with Crippen molar-refractivity contribution in [3.05, 3.63) is 47.7 Å². The third kappa shape index (κ3) is 3.12. The highest BCUT2D eigenvalue weighted by Gasteiger charge is 2.37. The molecule has 1 aromatic heterocycles. The monoisotopic (exact) mass is 304 g/mol. The highest BCUT2D eigenvalue weighted by atomic mass is 16.2. The molecule has 2 heterocycles. The lowest BCUT2D eigenvalue weighted by Gasteiger charge is -2.20. The molecule has 0 spiro atoms. The van der Waals surface area contributed by atoms with Crippen molar-refractivity contribution in [3.63, 3.8) is 0 Å². The van der Waals surface area contributed by atoms with Crippen LogP contribution in [0.25, 0.3) is 11.1 Å². The number of carbonyl (C=O) groups is 1. The fraction of sp³-hybridized carbons (Fsp3) is 0.300. The van der Waals surface area contributed by atoms with Crippen molar-refractivity contribution in [3.8, 4) is 23.5 Å². The van der Waals surface area contributed by atoms with E-state index < -0.39 is 0 Å². The summed E-state index contributed by atoms with van der Waals surface area (Å²) in [6.07, 6.45) is 7.65. The van der Waals surface area contributed by atoms with Crippen LogP contribution in [0.3, 0.4) is 0 Å². The molecular weight excluding hydrogens is 284 g/mol. The van der Waals surface area contributed by atoms with Crippen LogP contribution in [0, 0.1) is 24.7 Å².